The van der Waals surface area contributed by atoms with Gasteiger partial charge in [0.25, 0.3) is 0 Å². The minimum absolute atomic E-state index is 0.678. The molecule has 0 bridgehead atoms. The highest BCUT2D eigenvalue weighted by atomic mass is 32.2. The zero-order valence-corrected chi connectivity index (χ0v) is 10.3. The molecule has 1 unspecified atom stereocenters. The van der Waals surface area contributed by atoms with E-state index in [-0.39, 0.29) is 0 Å². The maximum Gasteiger partial charge on any atom is 0.00662 e. The molecular weight excluding hydrogens is 180 g/mol. The van der Waals surface area contributed by atoms with Crippen molar-refractivity contribution in [3.05, 3.63) is 0 Å². The number of hydrogen-bond donors (Lipinski definition) is 1. The Bertz CT molecular complexity index is 107. The molecule has 0 rings (SSSR count). The lowest BCUT2D eigenvalue weighted by Crippen LogP contribution is -2.26. The Hall–Kier alpha value is 0.270. The van der Waals surface area contributed by atoms with Crippen molar-refractivity contribution < 1.29 is 0 Å². The largest absolute Gasteiger partial charge is 0.315 e. The number of rotatable bonds is 8. The fourth-order valence-electron chi connectivity index (χ4n) is 1.06. The van der Waals surface area contributed by atoms with Crippen molar-refractivity contribution in [3.8, 4) is 0 Å². The monoisotopic (exact) mass is 204 g/mol. The Balaban J connectivity index is 3.06. The summed E-state index contributed by atoms with van der Waals surface area (Å²) in [5, 5.41) is 3.42. The molecule has 0 aliphatic rings. The Kier molecular flexibility index (Phi) is 9.03. The second kappa shape index (κ2) is 8.85. The third-order valence-corrected chi connectivity index (χ3v) is 2.93. The fourth-order valence-corrected chi connectivity index (χ4v) is 2.28. The molecule has 0 aromatic carbocycles. The normalized spacial score (nSPS) is 13.6. The smallest absolute Gasteiger partial charge is 0.00662 e. The molecule has 2 nitrogen and oxygen atoms in total. The molecule has 0 aromatic heterocycles. The van der Waals surface area contributed by atoms with Crippen LogP contribution >= 0.6 is 11.8 Å². The van der Waals surface area contributed by atoms with Crippen LogP contribution in [0.25, 0.3) is 0 Å². The first-order valence-electron chi connectivity index (χ1n) is 5.12. The molecule has 0 amide bonds. The molecule has 80 valence electrons. The molecule has 0 aliphatic carbocycles. The van der Waals surface area contributed by atoms with E-state index in [1.807, 2.05) is 0 Å². The van der Waals surface area contributed by atoms with Gasteiger partial charge in [-0.3, -0.25) is 0 Å². The molecule has 0 spiro atoms. The van der Waals surface area contributed by atoms with Gasteiger partial charge < -0.3 is 10.2 Å². The first kappa shape index (κ1) is 13.3. The third-order valence-electron chi connectivity index (χ3n) is 1.93. The van der Waals surface area contributed by atoms with E-state index < -0.39 is 0 Å². The van der Waals surface area contributed by atoms with Crippen molar-refractivity contribution in [1.29, 1.82) is 0 Å². The molecular formula is C10H24N2S. The molecule has 0 saturated carbocycles. The van der Waals surface area contributed by atoms with Gasteiger partial charge in [-0.1, -0.05) is 6.92 Å². The van der Waals surface area contributed by atoms with Crippen molar-refractivity contribution in [1.82, 2.24) is 10.2 Å². The molecule has 3 heteroatoms. The van der Waals surface area contributed by atoms with Crippen LogP contribution in [0.1, 0.15) is 20.3 Å². The molecule has 0 aliphatic heterocycles. The van der Waals surface area contributed by atoms with Crippen LogP contribution in [0.3, 0.4) is 0 Å². The average molecular weight is 204 g/mol. The lowest BCUT2D eigenvalue weighted by Gasteiger charge is -2.12. The van der Waals surface area contributed by atoms with E-state index in [1.165, 1.54) is 24.5 Å². The van der Waals surface area contributed by atoms with Crippen molar-refractivity contribution >= 4 is 11.8 Å². The van der Waals surface area contributed by atoms with E-state index in [4.69, 9.17) is 0 Å². The van der Waals surface area contributed by atoms with Gasteiger partial charge in [0.15, 0.2) is 0 Å². The van der Waals surface area contributed by atoms with E-state index >= 15 is 0 Å². The fraction of sp³-hybridized carbons (Fsp3) is 1.00. The quantitative estimate of drug-likeness (QED) is 0.606. The third kappa shape index (κ3) is 10.2. The van der Waals surface area contributed by atoms with Gasteiger partial charge in [0.2, 0.25) is 0 Å². The van der Waals surface area contributed by atoms with Gasteiger partial charge in [0.1, 0.15) is 0 Å². The van der Waals surface area contributed by atoms with Gasteiger partial charge in [-0.25, -0.2) is 0 Å². The molecule has 0 fully saturated rings. The minimum Gasteiger partial charge on any atom is -0.315 e. The maximum absolute atomic E-state index is 3.42. The van der Waals surface area contributed by atoms with Crippen LogP contribution in [-0.4, -0.2) is 49.6 Å². The second-order valence-corrected chi connectivity index (χ2v) is 4.89. The van der Waals surface area contributed by atoms with Crippen LogP contribution in [0.15, 0.2) is 0 Å². The lowest BCUT2D eigenvalue weighted by molar-refractivity contribution is 0.437. The number of hydrogen-bond acceptors (Lipinski definition) is 3. The zero-order valence-electron chi connectivity index (χ0n) is 9.47. The molecule has 1 atom stereocenters. The number of thioether (sulfide) groups is 1. The molecule has 1 N–H and O–H groups in total. The first-order chi connectivity index (χ1) is 6.16. The highest BCUT2D eigenvalue weighted by Crippen LogP contribution is 2.04. The summed E-state index contributed by atoms with van der Waals surface area (Å²) in [6, 6.07) is 0.678. The van der Waals surface area contributed by atoms with Crippen LogP contribution in [-0.2, 0) is 0 Å². The molecule has 0 saturated heterocycles. The summed E-state index contributed by atoms with van der Waals surface area (Å²) in [5.74, 6) is 2.54. The Morgan fingerprint density at radius 3 is 2.54 bits per heavy atom. The van der Waals surface area contributed by atoms with Crippen LogP contribution in [0.2, 0.25) is 0 Å². The average Bonchev–Trinajstić information content (AvgIpc) is 2.03. The van der Waals surface area contributed by atoms with E-state index in [9.17, 15) is 0 Å². The molecule has 0 heterocycles. The Morgan fingerprint density at radius 1 is 1.31 bits per heavy atom. The minimum atomic E-state index is 0.678. The Morgan fingerprint density at radius 2 is 2.00 bits per heavy atom. The molecule has 13 heavy (non-hydrogen) atoms. The van der Waals surface area contributed by atoms with Crippen molar-refractivity contribution in [3.63, 3.8) is 0 Å². The standard InChI is InChI=1S/C10H24N2S/c1-5-11-10(2)6-8-13-9-7-12(3)4/h10-11H,5-9H2,1-4H3. The van der Waals surface area contributed by atoms with Gasteiger partial charge in [-0.2, -0.15) is 11.8 Å². The van der Waals surface area contributed by atoms with E-state index in [2.05, 4.69) is 49.9 Å². The Labute approximate surface area is 87.5 Å². The highest BCUT2D eigenvalue weighted by molar-refractivity contribution is 7.99. The maximum atomic E-state index is 3.42. The van der Waals surface area contributed by atoms with Gasteiger partial charge in [0, 0.05) is 18.3 Å². The molecule has 0 aromatic rings. The van der Waals surface area contributed by atoms with Crippen LogP contribution in [0.4, 0.5) is 0 Å². The summed E-state index contributed by atoms with van der Waals surface area (Å²) in [5.41, 5.74) is 0. The van der Waals surface area contributed by atoms with Crippen LogP contribution in [0.5, 0.6) is 0 Å². The van der Waals surface area contributed by atoms with E-state index in [0.717, 1.165) is 6.54 Å². The van der Waals surface area contributed by atoms with Gasteiger partial charge >= 0.3 is 0 Å². The summed E-state index contributed by atoms with van der Waals surface area (Å²) < 4.78 is 0. The van der Waals surface area contributed by atoms with Gasteiger partial charge in [-0.15, -0.1) is 0 Å². The predicted octanol–water partition coefficient (Wildman–Crippen LogP) is 1.67. The number of nitrogens with zero attached hydrogens (tertiary/aromatic N) is 1. The summed E-state index contributed by atoms with van der Waals surface area (Å²) in [6.45, 7) is 6.70. The lowest BCUT2D eigenvalue weighted by atomic mass is 10.3. The SMILES string of the molecule is CCNC(C)CCSCCN(C)C. The van der Waals surface area contributed by atoms with Crippen molar-refractivity contribution in [2.45, 2.75) is 26.3 Å². The summed E-state index contributed by atoms with van der Waals surface area (Å²) in [7, 11) is 4.25. The highest BCUT2D eigenvalue weighted by Gasteiger charge is 1.98. The number of nitrogens with one attached hydrogen (secondary N) is 1. The van der Waals surface area contributed by atoms with Crippen molar-refractivity contribution in [2.75, 3.05) is 38.7 Å². The second-order valence-electron chi connectivity index (χ2n) is 3.66. The van der Waals surface area contributed by atoms with Crippen molar-refractivity contribution in [2.24, 2.45) is 0 Å². The topological polar surface area (TPSA) is 15.3 Å². The van der Waals surface area contributed by atoms with Crippen LogP contribution in [0, 0.1) is 0 Å². The summed E-state index contributed by atoms with van der Waals surface area (Å²) in [6.07, 6.45) is 1.28. The first-order valence-corrected chi connectivity index (χ1v) is 6.28. The zero-order chi connectivity index (χ0) is 10.1. The van der Waals surface area contributed by atoms with E-state index in [0.29, 0.717) is 6.04 Å². The van der Waals surface area contributed by atoms with Gasteiger partial charge in [-0.05, 0) is 39.7 Å². The van der Waals surface area contributed by atoms with Crippen LogP contribution < -0.4 is 5.32 Å². The molecule has 0 radical (unpaired) electrons. The predicted molar refractivity (Wildman–Crippen MR) is 63.6 cm³/mol. The summed E-state index contributed by atoms with van der Waals surface area (Å²) in [4.78, 5) is 2.24. The van der Waals surface area contributed by atoms with E-state index in [1.54, 1.807) is 0 Å². The van der Waals surface area contributed by atoms with Gasteiger partial charge in [0.05, 0.1) is 0 Å². The summed E-state index contributed by atoms with van der Waals surface area (Å²) >= 11 is 2.05.